The summed E-state index contributed by atoms with van der Waals surface area (Å²) in [5.74, 6) is 0.897. The second kappa shape index (κ2) is 4.02. The van der Waals surface area contributed by atoms with E-state index < -0.39 is 0 Å². The van der Waals surface area contributed by atoms with Gasteiger partial charge < -0.3 is 14.0 Å². The third-order valence-corrected chi connectivity index (χ3v) is 2.57. The van der Waals surface area contributed by atoms with Crippen molar-refractivity contribution >= 4 is 0 Å². The number of aromatic nitrogens is 1. The number of rotatable bonds is 4. The minimum Gasteiger partial charge on any atom is -0.489 e. The van der Waals surface area contributed by atoms with Crippen LogP contribution in [0.4, 0.5) is 0 Å². The van der Waals surface area contributed by atoms with Gasteiger partial charge in [0.1, 0.15) is 18.5 Å². The monoisotopic (exact) mass is 215 g/mol. The molecule has 1 aromatic heterocycles. The van der Waals surface area contributed by atoms with Gasteiger partial charge in [0.05, 0.1) is 12.3 Å². The first-order chi connectivity index (χ1) is 7.93. The molecule has 2 aromatic rings. The van der Waals surface area contributed by atoms with E-state index in [1.54, 1.807) is 0 Å². The lowest BCUT2D eigenvalue weighted by molar-refractivity contribution is 0.262. The number of benzene rings is 1. The summed E-state index contributed by atoms with van der Waals surface area (Å²) >= 11 is 0. The fraction of sp³-hybridized carbons (Fsp3) is 0.231. The summed E-state index contributed by atoms with van der Waals surface area (Å²) in [6, 6.07) is 12.0. The van der Waals surface area contributed by atoms with Gasteiger partial charge in [0.15, 0.2) is 0 Å². The Kier molecular flexibility index (Phi) is 2.38. The maximum atomic E-state index is 5.74. The fourth-order valence-corrected chi connectivity index (χ4v) is 1.63. The molecule has 1 atom stereocenters. The van der Waals surface area contributed by atoms with Crippen molar-refractivity contribution in [1.29, 1.82) is 0 Å². The molecule has 3 rings (SSSR count). The highest BCUT2D eigenvalue weighted by atomic mass is 16.6. The molecule has 1 aromatic carbocycles. The van der Waals surface area contributed by atoms with E-state index in [0.29, 0.717) is 6.61 Å². The average molecular weight is 215 g/mol. The summed E-state index contributed by atoms with van der Waals surface area (Å²) in [6.07, 6.45) is 4.31. The zero-order valence-electron chi connectivity index (χ0n) is 8.87. The third-order valence-electron chi connectivity index (χ3n) is 2.57. The normalized spacial score (nSPS) is 18.4. The number of ether oxygens (including phenoxy) is 2. The molecule has 0 spiro atoms. The van der Waals surface area contributed by atoms with Crippen LogP contribution < -0.4 is 4.74 Å². The SMILES string of the molecule is c1ccc(-n2cccc2)c(OCC2CO2)c1. The molecule has 0 amide bonds. The summed E-state index contributed by atoms with van der Waals surface area (Å²) in [7, 11) is 0. The largest absolute Gasteiger partial charge is 0.489 e. The summed E-state index contributed by atoms with van der Waals surface area (Å²) in [6.45, 7) is 1.46. The van der Waals surface area contributed by atoms with Gasteiger partial charge in [-0.25, -0.2) is 0 Å². The molecule has 0 bridgehead atoms. The summed E-state index contributed by atoms with van der Waals surface area (Å²) < 4.78 is 12.9. The second-order valence-corrected chi connectivity index (χ2v) is 3.82. The van der Waals surface area contributed by atoms with Crippen molar-refractivity contribution in [3.63, 3.8) is 0 Å². The molecule has 3 nitrogen and oxygen atoms in total. The van der Waals surface area contributed by atoms with Crippen molar-refractivity contribution < 1.29 is 9.47 Å². The van der Waals surface area contributed by atoms with Crippen molar-refractivity contribution in [3.8, 4) is 11.4 Å². The van der Waals surface area contributed by atoms with Crippen LogP contribution in [0.5, 0.6) is 5.75 Å². The van der Waals surface area contributed by atoms with Gasteiger partial charge in [0, 0.05) is 12.4 Å². The fourth-order valence-electron chi connectivity index (χ4n) is 1.63. The van der Waals surface area contributed by atoms with Crippen LogP contribution >= 0.6 is 0 Å². The number of hydrogen-bond donors (Lipinski definition) is 0. The molecule has 1 fully saturated rings. The van der Waals surface area contributed by atoms with E-state index in [-0.39, 0.29) is 6.10 Å². The van der Waals surface area contributed by atoms with E-state index in [2.05, 4.69) is 0 Å². The quantitative estimate of drug-likeness (QED) is 0.731. The molecule has 0 N–H and O–H groups in total. The molecule has 3 heteroatoms. The van der Waals surface area contributed by atoms with Gasteiger partial charge in [0.25, 0.3) is 0 Å². The van der Waals surface area contributed by atoms with Gasteiger partial charge in [-0.1, -0.05) is 12.1 Å². The molecule has 1 unspecified atom stereocenters. The molecule has 0 saturated carbocycles. The Morgan fingerprint density at radius 3 is 2.69 bits per heavy atom. The smallest absolute Gasteiger partial charge is 0.143 e. The zero-order chi connectivity index (χ0) is 10.8. The molecule has 0 radical (unpaired) electrons. The van der Waals surface area contributed by atoms with Crippen molar-refractivity contribution in [2.75, 3.05) is 13.2 Å². The van der Waals surface area contributed by atoms with E-state index in [1.807, 2.05) is 53.4 Å². The molecule has 2 heterocycles. The Morgan fingerprint density at radius 2 is 1.94 bits per heavy atom. The summed E-state index contributed by atoms with van der Waals surface area (Å²) in [4.78, 5) is 0. The number of epoxide rings is 1. The first-order valence-corrected chi connectivity index (χ1v) is 5.40. The molecule has 1 aliphatic rings. The summed E-state index contributed by atoms with van der Waals surface area (Å²) in [5.41, 5.74) is 1.06. The van der Waals surface area contributed by atoms with E-state index in [1.165, 1.54) is 0 Å². The topological polar surface area (TPSA) is 26.7 Å². The molecule has 82 valence electrons. The minimum absolute atomic E-state index is 0.290. The van der Waals surface area contributed by atoms with E-state index in [0.717, 1.165) is 18.0 Å². The van der Waals surface area contributed by atoms with Crippen molar-refractivity contribution in [2.45, 2.75) is 6.10 Å². The highest BCUT2D eigenvalue weighted by Crippen LogP contribution is 2.23. The standard InChI is InChI=1S/C13H13NO2/c1-2-6-13(16-10-11-9-15-11)12(5-1)14-7-3-4-8-14/h1-8,11H,9-10H2. The predicted octanol–water partition coefficient (Wildman–Crippen LogP) is 2.25. The maximum absolute atomic E-state index is 5.74. The Balaban J connectivity index is 1.85. The van der Waals surface area contributed by atoms with E-state index in [4.69, 9.17) is 9.47 Å². The molecule has 1 saturated heterocycles. The first-order valence-electron chi connectivity index (χ1n) is 5.40. The van der Waals surface area contributed by atoms with Gasteiger partial charge >= 0.3 is 0 Å². The van der Waals surface area contributed by atoms with Crippen molar-refractivity contribution in [3.05, 3.63) is 48.8 Å². The van der Waals surface area contributed by atoms with Crippen LogP contribution in [0.2, 0.25) is 0 Å². The zero-order valence-corrected chi connectivity index (χ0v) is 8.87. The molecular weight excluding hydrogens is 202 g/mol. The lowest BCUT2D eigenvalue weighted by Crippen LogP contribution is -2.06. The Hall–Kier alpha value is -1.74. The van der Waals surface area contributed by atoms with Gasteiger partial charge in [-0.3, -0.25) is 0 Å². The van der Waals surface area contributed by atoms with Crippen LogP contribution in [0.25, 0.3) is 5.69 Å². The second-order valence-electron chi connectivity index (χ2n) is 3.82. The minimum atomic E-state index is 0.290. The lowest BCUT2D eigenvalue weighted by Gasteiger charge is -2.11. The molecule has 16 heavy (non-hydrogen) atoms. The van der Waals surface area contributed by atoms with Gasteiger partial charge in [-0.05, 0) is 24.3 Å². The van der Waals surface area contributed by atoms with Crippen LogP contribution in [0.1, 0.15) is 0 Å². The van der Waals surface area contributed by atoms with E-state index in [9.17, 15) is 0 Å². The summed E-state index contributed by atoms with van der Waals surface area (Å²) in [5, 5.41) is 0. The average Bonchev–Trinajstić information content (AvgIpc) is 3.00. The number of para-hydroxylation sites is 2. The van der Waals surface area contributed by atoms with Crippen molar-refractivity contribution in [1.82, 2.24) is 4.57 Å². The Morgan fingerprint density at radius 1 is 1.19 bits per heavy atom. The van der Waals surface area contributed by atoms with Gasteiger partial charge in [0.2, 0.25) is 0 Å². The van der Waals surface area contributed by atoms with Gasteiger partial charge in [-0.15, -0.1) is 0 Å². The van der Waals surface area contributed by atoms with Crippen LogP contribution in [0, 0.1) is 0 Å². The molecular formula is C13H13NO2. The first kappa shape index (κ1) is 9.48. The van der Waals surface area contributed by atoms with Crippen LogP contribution in [0.3, 0.4) is 0 Å². The van der Waals surface area contributed by atoms with Gasteiger partial charge in [-0.2, -0.15) is 0 Å². The Bertz CT molecular complexity index is 461. The van der Waals surface area contributed by atoms with E-state index >= 15 is 0 Å². The Labute approximate surface area is 94.2 Å². The van der Waals surface area contributed by atoms with Crippen molar-refractivity contribution in [2.24, 2.45) is 0 Å². The number of hydrogen-bond acceptors (Lipinski definition) is 2. The maximum Gasteiger partial charge on any atom is 0.143 e. The lowest BCUT2D eigenvalue weighted by atomic mass is 10.3. The third kappa shape index (κ3) is 1.95. The van der Waals surface area contributed by atoms with Crippen LogP contribution in [-0.4, -0.2) is 23.9 Å². The van der Waals surface area contributed by atoms with Crippen LogP contribution in [0.15, 0.2) is 48.8 Å². The predicted molar refractivity (Wildman–Crippen MR) is 61.0 cm³/mol. The van der Waals surface area contributed by atoms with Crippen LogP contribution in [-0.2, 0) is 4.74 Å². The molecule has 0 aliphatic carbocycles. The highest BCUT2D eigenvalue weighted by molar-refractivity contribution is 5.46. The highest BCUT2D eigenvalue weighted by Gasteiger charge is 2.23. The molecule has 1 aliphatic heterocycles. The number of nitrogens with zero attached hydrogens (tertiary/aromatic N) is 1.